The van der Waals surface area contributed by atoms with Crippen LogP contribution in [-0.4, -0.2) is 43.9 Å². The highest BCUT2D eigenvalue weighted by molar-refractivity contribution is 5.93. The number of halogens is 4. The van der Waals surface area contributed by atoms with Crippen molar-refractivity contribution in [2.45, 2.75) is 24.9 Å². The summed E-state index contributed by atoms with van der Waals surface area (Å²) >= 11 is 0. The van der Waals surface area contributed by atoms with Crippen LogP contribution in [0.5, 0.6) is 0 Å². The Morgan fingerprint density at radius 2 is 1.72 bits per heavy atom. The van der Waals surface area contributed by atoms with Crippen molar-refractivity contribution in [2.75, 3.05) is 13.1 Å². The first-order valence-corrected chi connectivity index (χ1v) is 11.3. The van der Waals surface area contributed by atoms with Crippen LogP contribution in [0.4, 0.5) is 17.6 Å². The van der Waals surface area contributed by atoms with Gasteiger partial charge in [0, 0.05) is 31.3 Å². The molecule has 2 aromatic heterocycles. The van der Waals surface area contributed by atoms with E-state index in [2.05, 4.69) is 15.3 Å². The van der Waals surface area contributed by atoms with Crippen LogP contribution in [0.3, 0.4) is 0 Å². The van der Waals surface area contributed by atoms with Gasteiger partial charge in [-0.3, -0.25) is 9.48 Å². The number of hydrogen-bond acceptors (Lipinski definition) is 5. The zero-order valence-corrected chi connectivity index (χ0v) is 19.2. The molecule has 0 aliphatic carbocycles. The average Bonchev–Trinajstić information content (AvgIpc) is 3.51. The number of alkyl halides is 3. The van der Waals surface area contributed by atoms with Crippen LogP contribution >= 0.6 is 0 Å². The van der Waals surface area contributed by atoms with Crippen LogP contribution in [0.1, 0.15) is 40.7 Å². The molecular weight excluding hydrogens is 478 g/mol. The molecule has 0 spiro atoms. The Balaban J connectivity index is 1.30. The summed E-state index contributed by atoms with van der Waals surface area (Å²) in [6, 6.07) is 12.1. The van der Waals surface area contributed by atoms with Gasteiger partial charge in [0.15, 0.2) is 0 Å². The van der Waals surface area contributed by atoms with Crippen LogP contribution in [0, 0.1) is 5.82 Å². The highest BCUT2D eigenvalue weighted by atomic mass is 19.4. The lowest BCUT2D eigenvalue weighted by atomic mass is 9.97. The van der Waals surface area contributed by atoms with Gasteiger partial charge < -0.3 is 9.32 Å². The molecule has 5 rings (SSSR count). The van der Waals surface area contributed by atoms with E-state index < -0.39 is 11.7 Å². The standard InChI is InChI=1S/C25H21F4N5O2/c1-33-21(13-20(32-33)15-6-10-19(26)11-7-15)24(35)34-12-2-3-17(14-34)23-31-30-22(36-23)16-4-8-18(9-5-16)25(27,28)29/h4-11,13,17H,2-3,12,14H2,1H3. The Bertz CT molecular complexity index is 1380. The van der Waals surface area contributed by atoms with Gasteiger partial charge in [-0.15, -0.1) is 10.2 Å². The summed E-state index contributed by atoms with van der Waals surface area (Å²) in [7, 11) is 1.68. The van der Waals surface area contributed by atoms with E-state index in [1.54, 1.807) is 30.1 Å². The zero-order valence-electron chi connectivity index (χ0n) is 19.2. The highest BCUT2D eigenvalue weighted by Crippen LogP contribution is 2.32. The number of rotatable bonds is 4. The first kappa shape index (κ1) is 23.7. The van der Waals surface area contributed by atoms with Crippen LogP contribution in [-0.2, 0) is 13.2 Å². The monoisotopic (exact) mass is 499 g/mol. The fourth-order valence-corrected chi connectivity index (χ4v) is 4.27. The lowest BCUT2D eigenvalue weighted by Gasteiger charge is -2.31. The number of carbonyl (C=O) groups excluding carboxylic acids is 1. The van der Waals surface area contributed by atoms with Gasteiger partial charge in [0.1, 0.15) is 11.5 Å². The van der Waals surface area contributed by atoms with Gasteiger partial charge in [0.2, 0.25) is 11.8 Å². The summed E-state index contributed by atoms with van der Waals surface area (Å²) in [4.78, 5) is 15.0. The van der Waals surface area contributed by atoms with E-state index in [1.165, 1.54) is 28.9 Å². The van der Waals surface area contributed by atoms with E-state index in [9.17, 15) is 22.4 Å². The molecule has 4 aromatic rings. The van der Waals surface area contributed by atoms with E-state index in [1.807, 2.05) is 0 Å². The molecule has 2 aromatic carbocycles. The lowest BCUT2D eigenvalue weighted by molar-refractivity contribution is -0.137. The molecule has 1 fully saturated rings. The molecule has 1 amide bonds. The highest BCUT2D eigenvalue weighted by Gasteiger charge is 2.32. The molecule has 1 unspecified atom stereocenters. The maximum Gasteiger partial charge on any atom is 0.416 e. The number of nitrogens with zero attached hydrogens (tertiary/aromatic N) is 5. The van der Waals surface area contributed by atoms with Crippen LogP contribution in [0.15, 0.2) is 59.0 Å². The quantitative estimate of drug-likeness (QED) is 0.356. The van der Waals surface area contributed by atoms with Gasteiger partial charge >= 0.3 is 6.18 Å². The molecule has 0 radical (unpaired) electrons. The number of aromatic nitrogens is 4. The van der Waals surface area contributed by atoms with E-state index in [0.29, 0.717) is 41.5 Å². The molecule has 3 heterocycles. The zero-order chi connectivity index (χ0) is 25.4. The van der Waals surface area contributed by atoms with Crippen molar-refractivity contribution in [1.29, 1.82) is 0 Å². The molecule has 0 bridgehead atoms. The molecule has 1 atom stereocenters. The predicted octanol–water partition coefficient (Wildman–Crippen LogP) is 5.31. The average molecular weight is 499 g/mol. The number of amides is 1. The minimum atomic E-state index is -4.43. The molecule has 186 valence electrons. The fraction of sp³-hybridized carbons (Fsp3) is 0.280. The lowest BCUT2D eigenvalue weighted by Crippen LogP contribution is -2.40. The summed E-state index contributed by atoms with van der Waals surface area (Å²) in [5.74, 6) is -0.307. The molecule has 1 saturated heterocycles. The van der Waals surface area contributed by atoms with Crippen molar-refractivity contribution in [2.24, 2.45) is 7.05 Å². The van der Waals surface area contributed by atoms with Crippen molar-refractivity contribution in [3.8, 4) is 22.7 Å². The second kappa shape index (κ2) is 9.21. The molecule has 36 heavy (non-hydrogen) atoms. The topological polar surface area (TPSA) is 77.1 Å². The Hall–Kier alpha value is -4.02. The summed E-state index contributed by atoms with van der Waals surface area (Å²) in [6.45, 7) is 0.900. The molecule has 1 aliphatic heterocycles. The SMILES string of the molecule is Cn1nc(-c2ccc(F)cc2)cc1C(=O)N1CCCC(c2nnc(-c3ccc(C(F)(F)F)cc3)o2)C1. The third-order valence-electron chi connectivity index (χ3n) is 6.20. The van der Waals surface area contributed by atoms with Gasteiger partial charge in [-0.05, 0) is 67.4 Å². The van der Waals surface area contributed by atoms with Crippen molar-refractivity contribution in [3.63, 3.8) is 0 Å². The van der Waals surface area contributed by atoms with Crippen molar-refractivity contribution in [1.82, 2.24) is 24.9 Å². The molecule has 0 saturated carbocycles. The number of piperidine rings is 1. The number of benzene rings is 2. The first-order valence-electron chi connectivity index (χ1n) is 11.3. The predicted molar refractivity (Wildman–Crippen MR) is 121 cm³/mol. The molecule has 11 heteroatoms. The first-order chi connectivity index (χ1) is 17.2. The number of carbonyl (C=O) groups is 1. The minimum absolute atomic E-state index is 0.123. The molecule has 1 aliphatic rings. The third-order valence-corrected chi connectivity index (χ3v) is 6.20. The largest absolute Gasteiger partial charge is 0.420 e. The second-order valence-electron chi connectivity index (χ2n) is 8.66. The van der Waals surface area contributed by atoms with Gasteiger partial charge in [-0.25, -0.2) is 4.39 Å². The van der Waals surface area contributed by atoms with Gasteiger partial charge in [0.25, 0.3) is 5.91 Å². The van der Waals surface area contributed by atoms with Crippen molar-refractivity contribution in [3.05, 3.63) is 77.6 Å². The van der Waals surface area contributed by atoms with Gasteiger partial charge in [-0.2, -0.15) is 18.3 Å². The van der Waals surface area contributed by atoms with Crippen LogP contribution < -0.4 is 0 Å². The van der Waals surface area contributed by atoms with Gasteiger partial charge in [0.05, 0.1) is 17.2 Å². The Labute approximate surface area is 203 Å². The summed E-state index contributed by atoms with van der Waals surface area (Å²) in [5.41, 5.74) is 1.28. The van der Waals surface area contributed by atoms with Crippen LogP contribution in [0.2, 0.25) is 0 Å². The maximum atomic E-state index is 13.3. The van der Waals surface area contributed by atoms with E-state index in [0.717, 1.165) is 25.0 Å². The second-order valence-corrected chi connectivity index (χ2v) is 8.66. The normalized spacial score (nSPS) is 16.4. The molecule has 0 N–H and O–H groups in total. The summed E-state index contributed by atoms with van der Waals surface area (Å²) in [6.07, 6.45) is -2.98. The van der Waals surface area contributed by atoms with E-state index >= 15 is 0 Å². The number of hydrogen-bond donors (Lipinski definition) is 0. The smallest absolute Gasteiger partial charge is 0.416 e. The Kier molecular flexibility index (Phi) is 6.07. The fourth-order valence-electron chi connectivity index (χ4n) is 4.27. The van der Waals surface area contributed by atoms with E-state index in [4.69, 9.17) is 4.42 Å². The van der Waals surface area contributed by atoms with Crippen LogP contribution in [0.25, 0.3) is 22.7 Å². The van der Waals surface area contributed by atoms with Crippen molar-refractivity contribution < 1.29 is 26.8 Å². The summed E-state index contributed by atoms with van der Waals surface area (Å²) < 4.78 is 59.0. The Morgan fingerprint density at radius 3 is 2.42 bits per heavy atom. The third kappa shape index (κ3) is 4.73. The molecule has 7 nitrogen and oxygen atoms in total. The number of aryl methyl sites for hydroxylation is 1. The minimum Gasteiger partial charge on any atom is -0.420 e. The number of likely N-dealkylation sites (tertiary alicyclic amines) is 1. The van der Waals surface area contributed by atoms with Crippen molar-refractivity contribution >= 4 is 5.91 Å². The Morgan fingerprint density at radius 1 is 1.03 bits per heavy atom. The summed E-state index contributed by atoms with van der Waals surface area (Å²) in [5, 5.41) is 12.5. The maximum absolute atomic E-state index is 13.3. The van der Waals surface area contributed by atoms with E-state index in [-0.39, 0.29) is 23.5 Å². The van der Waals surface area contributed by atoms with Gasteiger partial charge in [-0.1, -0.05) is 0 Å². The molecular formula is C25H21F4N5O2.